The molecule has 0 aromatic heterocycles. The minimum absolute atomic E-state index is 0.123. The summed E-state index contributed by atoms with van der Waals surface area (Å²) in [6.07, 6.45) is 2.08. The highest BCUT2D eigenvalue weighted by Crippen LogP contribution is 2.29. The first-order valence-corrected chi connectivity index (χ1v) is 6.77. The van der Waals surface area contributed by atoms with Crippen molar-refractivity contribution < 1.29 is 23.0 Å². The quantitative estimate of drug-likeness (QED) is 0.293. The van der Waals surface area contributed by atoms with E-state index in [4.69, 9.17) is 14.9 Å². The number of nitrogens with one attached hydrogen (secondary N) is 1. The Morgan fingerprint density at radius 2 is 1.75 bits per heavy atom. The second kappa shape index (κ2) is 7.32. The Kier molecular flexibility index (Phi) is 5.21. The molecule has 0 aliphatic heterocycles. The third-order valence-electron chi connectivity index (χ3n) is 2.97. The Labute approximate surface area is 137 Å². The van der Waals surface area contributed by atoms with Crippen molar-refractivity contribution in [2.75, 3.05) is 0 Å². The summed E-state index contributed by atoms with van der Waals surface area (Å²) < 4.78 is 37.9. The molecule has 122 valence electrons. The Hall–Kier alpha value is -3.28. The van der Waals surface area contributed by atoms with Crippen LogP contribution in [0.15, 0.2) is 61.7 Å². The summed E-state index contributed by atoms with van der Waals surface area (Å²) in [4.78, 5) is 11.1. The second-order valence-corrected chi connectivity index (χ2v) is 4.58. The average molecular weight is 329 g/mol. The van der Waals surface area contributed by atoms with Crippen LogP contribution in [0.25, 0.3) is 11.1 Å². The average Bonchev–Trinajstić information content (AvgIpc) is 2.56. The van der Waals surface area contributed by atoms with Crippen molar-refractivity contribution >= 4 is 11.9 Å². The van der Waals surface area contributed by atoms with Crippen LogP contribution < -0.4 is 9.47 Å². The maximum absolute atomic E-state index is 14.2. The van der Waals surface area contributed by atoms with Crippen molar-refractivity contribution in [1.29, 1.82) is 5.41 Å². The maximum Gasteiger partial charge on any atom is 0.335 e. The van der Waals surface area contributed by atoms with Crippen LogP contribution in [-0.2, 0) is 4.79 Å². The molecule has 2 rings (SSSR count). The second-order valence-electron chi connectivity index (χ2n) is 4.58. The van der Waals surface area contributed by atoms with Crippen LogP contribution in [0.4, 0.5) is 8.78 Å². The fourth-order valence-corrected chi connectivity index (χ4v) is 1.86. The van der Waals surface area contributed by atoms with Crippen LogP contribution in [0.1, 0.15) is 0 Å². The van der Waals surface area contributed by atoms with E-state index >= 15 is 0 Å². The number of halogens is 2. The van der Waals surface area contributed by atoms with Gasteiger partial charge in [0.25, 0.3) is 0 Å². The molecule has 24 heavy (non-hydrogen) atoms. The Morgan fingerprint density at radius 1 is 1.00 bits per heavy atom. The van der Waals surface area contributed by atoms with Gasteiger partial charge in [0, 0.05) is 17.7 Å². The summed E-state index contributed by atoms with van der Waals surface area (Å²) >= 11 is 0. The summed E-state index contributed by atoms with van der Waals surface area (Å²) in [5.41, 5.74) is 0.390. The largest absolute Gasteiger partial charge is 0.440 e. The van der Waals surface area contributed by atoms with Crippen molar-refractivity contribution in [3.63, 3.8) is 0 Å². The molecule has 0 atom stereocenters. The number of hydrogen-bond donors (Lipinski definition) is 1. The fraction of sp³-hybridized carbons (Fsp3) is 0. The molecule has 2 aromatic rings. The topological polar surface area (TPSA) is 59.4 Å². The van der Waals surface area contributed by atoms with Gasteiger partial charge >= 0.3 is 5.97 Å². The molecule has 0 saturated carbocycles. The molecule has 4 nitrogen and oxygen atoms in total. The molecule has 0 bridgehead atoms. The van der Waals surface area contributed by atoms with Crippen molar-refractivity contribution in [2.24, 2.45) is 0 Å². The van der Waals surface area contributed by atoms with E-state index in [2.05, 4.69) is 13.2 Å². The minimum Gasteiger partial charge on any atom is -0.440 e. The monoisotopic (exact) mass is 329 g/mol. The highest BCUT2D eigenvalue weighted by Gasteiger charge is 2.12. The van der Waals surface area contributed by atoms with E-state index in [1.54, 1.807) is 0 Å². The Bertz CT molecular complexity index is 831. The van der Waals surface area contributed by atoms with E-state index in [0.29, 0.717) is 0 Å². The van der Waals surface area contributed by atoms with Crippen molar-refractivity contribution in [1.82, 2.24) is 0 Å². The first-order valence-electron chi connectivity index (χ1n) is 6.77. The van der Waals surface area contributed by atoms with Crippen molar-refractivity contribution in [2.45, 2.75) is 0 Å². The highest BCUT2D eigenvalue weighted by molar-refractivity contribution is 5.86. The zero-order valence-electron chi connectivity index (χ0n) is 12.5. The first-order chi connectivity index (χ1) is 11.4. The van der Waals surface area contributed by atoms with Gasteiger partial charge in [-0.1, -0.05) is 19.2 Å². The van der Waals surface area contributed by atoms with Gasteiger partial charge in [0.2, 0.25) is 5.90 Å². The number of carbonyl (C=O) groups is 1. The highest BCUT2D eigenvalue weighted by atomic mass is 19.1. The number of hydrogen-bond acceptors (Lipinski definition) is 4. The molecule has 0 aliphatic carbocycles. The van der Waals surface area contributed by atoms with Crippen LogP contribution in [0, 0.1) is 17.0 Å². The molecule has 0 amide bonds. The van der Waals surface area contributed by atoms with Gasteiger partial charge in [0.1, 0.15) is 11.6 Å². The molecule has 0 unspecified atom stereocenters. The SMILES string of the molecule is C=CC(=N)Oc1ccc(-c2ccc(OC(=O)C=C)c(F)c2)c(F)c1. The van der Waals surface area contributed by atoms with Gasteiger partial charge in [-0.25, -0.2) is 13.6 Å². The predicted octanol–water partition coefficient (Wildman–Crippen LogP) is 4.27. The van der Waals surface area contributed by atoms with E-state index in [0.717, 1.165) is 18.2 Å². The molecule has 0 saturated heterocycles. The van der Waals surface area contributed by atoms with Crippen LogP contribution in [0.5, 0.6) is 11.5 Å². The lowest BCUT2D eigenvalue weighted by Crippen LogP contribution is -2.04. The van der Waals surface area contributed by atoms with E-state index < -0.39 is 17.6 Å². The van der Waals surface area contributed by atoms with Gasteiger partial charge in [0.05, 0.1) is 0 Å². The molecule has 0 radical (unpaired) electrons. The smallest absolute Gasteiger partial charge is 0.335 e. The number of ether oxygens (including phenoxy) is 2. The van der Waals surface area contributed by atoms with E-state index in [9.17, 15) is 13.6 Å². The summed E-state index contributed by atoms with van der Waals surface area (Å²) in [5, 5.41) is 7.33. The fourth-order valence-electron chi connectivity index (χ4n) is 1.86. The molecule has 0 spiro atoms. The van der Waals surface area contributed by atoms with Gasteiger partial charge in [0.15, 0.2) is 11.6 Å². The number of carbonyl (C=O) groups excluding carboxylic acids is 1. The van der Waals surface area contributed by atoms with Gasteiger partial charge in [-0.15, -0.1) is 0 Å². The first kappa shape index (κ1) is 17.1. The number of benzene rings is 2. The molecule has 6 heteroatoms. The van der Waals surface area contributed by atoms with E-state index in [-0.39, 0.29) is 28.5 Å². The summed E-state index contributed by atoms with van der Waals surface area (Å²) in [5.74, 6) is -2.63. The lowest BCUT2D eigenvalue weighted by Gasteiger charge is -2.09. The third kappa shape index (κ3) is 3.92. The summed E-state index contributed by atoms with van der Waals surface area (Å²) in [6.45, 7) is 6.58. The summed E-state index contributed by atoms with van der Waals surface area (Å²) in [6, 6.07) is 7.61. The number of rotatable bonds is 5. The lowest BCUT2D eigenvalue weighted by atomic mass is 10.0. The zero-order chi connectivity index (χ0) is 17.7. The van der Waals surface area contributed by atoms with Gasteiger partial charge in [-0.3, -0.25) is 5.41 Å². The van der Waals surface area contributed by atoms with Crippen molar-refractivity contribution in [3.8, 4) is 22.6 Å². The molecule has 2 aromatic carbocycles. The molecule has 0 heterocycles. The van der Waals surface area contributed by atoms with Crippen LogP contribution in [-0.4, -0.2) is 11.9 Å². The molecule has 0 aliphatic rings. The predicted molar refractivity (Wildman–Crippen MR) is 86.2 cm³/mol. The summed E-state index contributed by atoms with van der Waals surface area (Å²) in [7, 11) is 0. The molecular weight excluding hydrogens is 316 g/mol. The molecule has 0 fully saturated rings. The van der Waals surface area contributed by atoms with Crippen LogP contribution in [0.2, 0.25) is 0 Å². The number of esters is 1. The van der Waals surface area contributed by atoms with E-state index in [1.807, 2.05) is 0 Å². The van der Waals surface area contributed by atoms with Gasteiger partial charge < -0.3 is 9.47 Å². The zero-order valence-corrected chi connectivity index (χ0v) is 12.5. The van der Waals surface area contributed by atoms with Gasteiger partial charge in [-0.2, -0.15) is 0 Å². The standard InChI is InChI=1S/C18H13F2NO3/c1-3-17(21)23-12-6-7-13(14(19)10-12)11-5-8-16(15(20)9-11)24-18(22)4-2/h3-10,21H,1-2H2. The molecule has 1 N–H and O–H groups in total. The maximum atomic E-state index is 14.2. The minimum atomic E-state index is -0.809. The van der Waals surface area contributed by atoms with Gasteiger partial charge in [-0.05, 0) is 35.9 Å². The van der Waals surface area contributed by atoms with Crippen LogP contribution >= 0.6 is 0 Å². The van der Waals surface area contributed by atoms with Crippen molar-refractivity contribution in [3.05, 3.63) is 73.3 Å². The lowest BCUT2D eigenvalue weighted by molar-refractivity contribution is -0.129. The van der Waals surface area contributed by atoms with Crippen LogP contribution in [0.3, 0.4) is 0 Å². The molecular formula is C18H13F2NO3. The normalized spacial score (nSPS) is 9.92. The Balaban J connectivity index is 2.30. The Morgan fingerprint density at radius 3 is 2.33 bits per heavy atom. The third-order valence-corrected chi connectivity index (χ3v) is 2.97. The van der Waals surface area contributed by atoms with E-state index in [1.165, 1.54) is 30.3 Å².